The van der Waals surface area contributed by atoms with Crippen molar-refractivity contribution in [2.45, 2.75) is 43.9 Å². The van der Waals surface area contributed by atoms with Crippen LogP contribution in [0.4, 0.5) is 0 Å². The van der Waals surface area contributed by atoms with E-state index < -0.39 is 0 Å². The van der Waals surface area contributed by atoms with Gasteiger partial charge in [-0.2, -0.15) is 0 Å². The van der Waals surface area contributed by atoms with Gasteiger partial charge >= 0.3 is 0 Å². The first-order valence-corrected chi connectivity index (χ1v) is 8.04. The number of halogens is 1. The highest BCUT2D eigenvalue weighted by Gasteiger charge is 2.20. The maximum Gasteiger partial charge on any atom is 0.203 e. The average molecular weight is 345 g/mol. The van der Waals surface area contributed by atoms with Crippen molar-refractivity contribution in [3.8, 4) is 17.2 Å². The molecule has 0 aliphatic carbocycles. The van der Waals surface area contributed by atoms with E-state index in [1.807, 2.05) is 12.1 Å². The number of alkyl halides is 1. The molecule has 0 N–H and O–H groups in total. The highest BCUT2D eigenvalue weighted by molar-refractivity contribution is 9.09. The largest absolute Gasteiger partial charge is 0.493 e. The van der Waals surface area contributed by atoms with Crippen LogP contribution in [0.15, 0.2) is 12.1 Å². The number of hydrogen-bond acceptors (Lipinski definition) is 3. The predicted molar refractivity (Wildman–Crippen MR) is 86.5 cm³/mol. The third kappa shape index (κ3) is 4.30. The number of hydrogen-bond donors (Lipinski definition) is 0. The lowest BCUT2D eigenvalue weighted by atomic mass is 10.0. The molecule has 0 aliphatic heterocycles. The molecule has 0 saturated carbocycles. The van der Waals surface area contributed by atoms with Crippen molar-refractivity contribution in [1.29, 1.82) is 0 Å². The molecule has 1 aromatic rings. The molecule has 1 atom stereocenters. The molecule has 0 aliphatic rings. The molecule has 1 rings (SSSR count). The minimum atomic E-state index is 0.272. The van der Waals surface area contributed by atoms with Gasteiger partial charge in [0.05, 0.1) is 21.3 Å². The molecule has 3 nitrogen and oxygen atoms in total. The number of benzene rings is 1. The summed E-state index contributed by atoms with van der Waals surface area (Å²) in [7, 11) is 4.93. The van der Waals surface area contributed by atoms with Gasteiger partial charge < -0.3 is 14.2 Å². The lowest BCUT2D eigenvalue weighted by Crippen LogP contribution is -2.00. The van der Waals surface area contributed by atoms with Crippen LogP contribution in [0.25, 0.3) is 0 Å². The van der Waals surface area contributed by atoms with E-state index >= 15 is 0 Å². The number of ether oxygens (including phenoxy) is 3. The number of rotatable bonds is 9. The molecule has 1 unspecified atom stereocenters. The average Bonchev–Trinajstić information content (AvgIpc) is 2.49. The molecule has 0 amide bonds. The van der Waals surface area contributed by atoms with Crippen molar-refractivity contribution in [2.24, 2.45) is 0 Å². The van der Waals surface area contributed by atoms with E-state index in [1.54, 1.807) is 21.3 Å². The number of methoxy groups -OCH3 is 3. The third-order valence-corrected chi connectivity index (χ3v) is 4.33. The summed E-state index contributed by atoms with van der Waals surface area (Å²) in [5, 5.41) is 0. The smallest absolute Gasteiger partial charge is 0.203 e. The van der Waals surface area contributed by atoms with Crippen molar-refractivity contribution in [3.63, 3.8) is 0 Å². The van der Waals surface area contributed by atoms with Gasteiger partial charge in [0.2, 0.25) is 5.75 Å². The molecule has 4 heteroatoms. The van der Waals surface area contributed by atoms with Crippen molar-refractivity contribution >= 4 is 15.9 Å². The lowest BCUT2D eigenvalue weighted by molar-refractivity contribution is 0.322. The fraction of sp³-hybridized carbons (Fsp3) is 0.625. The Morgan fingerprint density at radius 1 is 0.950 bits per heavy atom. The molecule has 0 bridgehead atoms. The quantitative estimate of drug-likeness (QED) is 0.459. The topological polar surface area (TPSA) is 27.7 Å². The van der Waals surface area contributed by atoms with Crippen molar-refractivity contribution in [1.82, 2.24) is 0 Å². The molecule has 0 aromatic heterocycles. The van der Waals surface area contributed by atoms with Gasteiger partial charge in [0.1, 0.15) is 0 Å². The standard InChI is InChI=1S/C16H25BrO3/c1-5-6-7-8-9-13(17)12-10-11-14(18-2)16(20-4)15(12)19-3/h10-11,13H,5-9H2,1-4H3. The summed E-state index contributed by atoms with van der Waals surface area (Å²) in [5.41, 5.74) is 1.11. The van der Waals surface area contributed by atoms with E-state index in [4.69, 9.17) is 14.2 Å². The molecule has 1 aromatic carbocycles. The molecule has 114 valence electrons. The van der Waals surface area contributed by atoms with E-state index in [1.165, 1.54) is 25.7 Å². The molecular weight excluding hydrogens is 320 g/mol. The predicted octanol–water partition coefficient (Wildman–Crippen LogP) is 5.12. The van der Waals surface area contributed by atoms with Gasteiger partial charge in [-0.25, -0.2) is 0 Å². The summed E-state index contributed by atoms with van der Waals surface area (Å²) >= 11 is 3.76. The maximum atomic E-state index is 5.52. The molecule has 0 spiro atoms. The zero-order valence-electron chi connectivity index (χ0n) is 12.9. The minimum Gasteiger partial charge on any atom is -0.493 e. The third-order valence-electron chi connectivity index (χ3n) is 3.38. The van der Waals surface area contributed by atoms with Gasteiger partial charge in [0.25, 0.3) is 0 Å². The highest BCUT2D eigenvalue weighted by atomic mass is 79.9. The summed E-state index contributed by atoms with van der Waals surface area (Å²) < 4.78 is 16.3. The first kappa shape index (κ1) is 17.2. The Labute approximate surface area is 130 Å². The van der Waals surface area contributed by atoms with Crippen LogP contribution in [0.1, 0.15) is 49.4 Å². The normalized spacial score (nSPS) is 12.1. The summed E-state index contributed by atoms with van der Waals surface area (Å²) in [6.45, 7) is 2.23. The van der Waals surface area contributed by atoms with Gasteiger partial charge in [0, 0.05) is 10.4 Å². The minimum absolute atomic E-state index is 0.272. The Balaban J connectivity index is 2.88. The van der Waals surface area contributed by atoms with Crippen LogP contribution in [0.2, 0.25) is 0 Å². The van der Waals surface area contributed by atoms with Crippen molar-refractivity contribution in [3.05, 3.63) is 17.7 Å². The fourth-order valence-corrected chi connectivity index (χ4v) is 2.96. The van der Waals surface area contributed by atoms with Gasteiger partial charge in [-0.1, -0.05) is 54.6 Å². The second-order valence-electron chi connectivity index (χ2n) is 4.74. The van der Waals surface area contributed by atoms with Crippen LogP contribution in [0.3, 0.4) is 0 Å². The van der Waals surface area contributed by atoms with Crippen LogP contribution >= 0.6 is 15.9 Å². The zero-order chi connectivity index (χ0) is 15.0. The Kier molecular flexibility index (Phi) is 7.82. The second kappa shape index (κ2) is 9.11. The summed E-state index contributed by atoms with van der Waals surface area (Å²) in [4.78, 5) is 0.272. The van der Waals surface area contributed by atoms with Gasteiger partial charge in [-0.05, 0) is 12.5 Å². The second-order valence-corrected chi connectivity index (χ2v) is 5.85. The molecule has 0 heterocycles. The molecule has 20 heavy (non-hydrogen) atoms. The SMILES string of the molecule is CCCCCCC(Br)c1ccc(OC)c(OC)c1OC. The fourth-order valence-electron chi connectivity index (χ4n) is 2.28. The van der Waals surface area contributed by atoms with Crippen LogP contribution in [-0.2, 0) is 0 Å². The summed E-state index contributed by atoms with van der Waals surface area (Å²) in [6, 6.07) is 3.97. The Bertz CT molecular complexity index is 407. The van der Waals surface area contributed by atoms with E-state index in [2.05, 4.69) is 22.9 Å². The first-order valence-electron chi connectivity index (χ1n) is 7.12. The van der Waals surface area contributed by atoms with Crippen LogP contribution in [-0.4, -0.2) is 21.3 Å². The van der Waals surface area contributed by atoms with E-state index in [0.29, 0.717) is 11.5 Å². The van der Waals surface area contributed by atoms with Crippen LogP contribution in [0.5, 0.6) is 17.2 Å². The molecule has 0 saturated heterocycles. The maximum absolute atomic E-state index is 5.52. The zero-order valence-corrected chi connectivity index (χ0v) is 14.5. The van der Waals surface area contributed by atoms with Gasteiger partial charge in [-0.15, -0.1) is 0 Å². The Morgan fingerprint density at radius 2 is 1.65 bits per heavy atom. The van der Waals surface area contributed by atoms with E-state index in [0.717, 1.165) is 17.7 Å². The Hall–Kier alpha value is -0.900. The highest BCUT2D eigenvalue weighted by Crippen LogP contribution is 2.45. The Morgan fingerprint density at radius 3 is 2.20 bits per heavy atom. The lowest BCUT2D eigenvalue weighted by Gasteiger charge is -2.18. The molecule has 0 radical (unpaired) electrons. The van der Waals surface area contributed by atoms with Crippen molar-refractivity contribution in [2.75, 3.05) is 21.3 Å². The van der Waals surface area contributed by atoms with Gasteiger partial charge in [-0.3, -0.25) is 0 Å². The van der Waals surface area contributed by atoms with E-state index in [-0.39, 0.29) is 4.83 Å². The van der Waals surface area contributed by atoms with E-state index in [9.17, 15) is 0 Å². The molecule has 0 fully saturated rings. The van der Waals surface area contributed by atoms with Crippen LogP contribution < -0.4 is 14.2 Å². The molecular formula is C16H25BrO3. The number of unbranched alkanes of at least 4 members (excludes halogenated alkanes) is 3. The first-order chi connectivity index (χ1) is 9.69. The summed E-state index contributed by atoms with van der Waals surface area (Å²) in [5.74, 6) is 2.11. The van der Waals surface area contributed by atoms with Crippen LogP contribution in [0, 0.1) is 0 Å². The monoisotopic (exact) mass is 344 g/mol. The summed E-state index contributed by atoms with van der Waals surface area (Å²) in [6.07, 6.45) is 6.12. The van der Waals surface area contributed by atoms with Crippen molar-refractivity contribution < 1.29 is 14.2 Å². The van der Waals surface area contributed by atoms with Gasteiger partial charge in [0.15, 0.2) is 11.5 Å².